The van der Waals surface area contributed by atoms with E-state index in [4.69, 9.17) is 4.74 Å². The summed E-state index contributed by atoms with van der Waals surface area (Å²) in [5.41, 5.74) is 0.973. The summed E-state index contributed by atoms with van der Waals surface area (Å²) in [7, 11) is 0. The maximum Gasteiger partial charge on any atom is 0.328 e. The molecule has 1 fully saturated rings. The van der Waals surface area contributed by atoms with Crippen molar-refractivity contribution in [3.8, 4) is 0 Å². The predicted molar refractivity (Wildman–Crippen MR) is 91.6 cm³/mol. The van der Waals surface area contributed by atoms with Crippen molar-refractivity contribution in [2.75, 3.05) is 37.7 Å². The summed E-state index contributed by atoms with van der Waals surface area (Å²) in [5, 5.41) is 0. The number of carbonyl (C=O) groups excluding carboxylic acids is 1. The average molecular weight is 326 g/mol. The van der Waals surface area contributed by atoms with Crippen LogP contribution in [0.25, 0.3) is 0 Å². The minimum absolute atomic E-state index is 0.187. The largest absolute Gasteiger partial charge is 0.465 e. The van der Waals surface area contributed by atoms with Crippen molar-refractivity contribution in [1.29, 1.82) is 0 Å². The highest BCUT2D eigenvalue weighted by atomic mass is 16.5. The number of hydrogen-bond acceptors (Lipinski definition) is 6. The average Bonchev–Trinajstić information content (AvgIpc) is 2.64. The van der Waals surface area contributed by atoms with E-state index in [0.29, 0.717) is 6.61 Å². The molecule has 0 radical (unpaired) electrons. The van der Waals surface area contributed by atoms with Crippen molar-refractivity contribution in [1.82, 2.24) is 14.9 Å². The number of ether oxygens (including phenoxy) is 1. The van der Waals surface area contributed by atoms with Crippen molar-refractivity contribution in [2.45, 2.75) is 13.0 Å². The first-order valence-electron chi connectivity index (χ1n) is 8.27. The zero-order chi connectivity index (χ0) is 16.8. The first kappa shape index (κ1) is 16.4. The van der Waals surface area contributed by atoms with Gasteiger partial charge in [0.2, 0.25) is 5.95 Å². The Balaban J connectivity index is 1.72. The molecule has 0 amide bonds. The van der Waals surface area contributed by atoms with E-state index in [0.717, 1.165) is 37.7 Å². The highest BCUT2D eigenvalue weighted by Gasteiger charge is 2.31. The summed E-state index contributed by atoms with van der Waals surface area (Å²) >= 11 is 0. The molecule has 0 spiro atoms. The second-order valence-corrected chi connectivity index (χ2v) is 5.64. The molecule has 1 saturated heterocycles. The molecule has 6 heteroatoms. The molecule has 1 aliphatic rings. The van der Waals surface area contributed by atoms with E-state index in [1.54, 1.807) is 12.4 Å². The van der Waals surface area contributed by atoms with Crippen LogP contribution in [0.5, 0.6) is 0 Å². The summed E-state index contributed by atoms with van der Waals surface area (Å²) in [6.45, 7) is 5.32. The van der Waals surface area contributed by atoms with Crippen molar-refractivity contribution in [3.05, 3.63) is 54.4 Å². The molecule has 1 aromatic carbocycles. The molecular formula is C18H22N4O2. The van der Waals surface area contributed by atoms with Crippen molar-refractivity contribution in [3.63, 3.8) is 0 Å². The fourth-order valence-corrected chi connectivity index (χ4v) is 2.99. The summed E-state index contributed by atoms with van der Waals surface area (Å²) < 4.78 is 5.30. The minimum atomic E-state index is -0.356. The normalized spacial score (nSPS) is 16.6. The molecule has 2 aromatic rings. The highest BCUT2D eigenvalue weighted by molar-refractivity contribution is 5.77. The van der Waals surface area contributed by atoms with Crippen LogP contribution in [0.3, 0.4) is 0 Å². The van der Waals surface area contributed by atoms with Crippen LogP contribution in [0, 0.1) is 0 Å². The third-order valence-electron chi connectivity index (χ3n) is 4.14. The Morgan fingerprint density at radius 1 is 1.08 bits per heavy atom. The molecule has 0 N–H and O–H groups in total. The number of hydrogen-bond donors (Lipinski definition) is 0. The van der Waals surface area contributed by atoms with E-state index in [1.165, 1.54) is 0 Å². The maximum atomic E-state index is 12.5. The second kappa shape index (κ2) is 7.88. The van der Waals surface area contributed by atoms with Crippen LogP contribution in [-0.4, -0.2) is 53.6 Å². The zero-order valence-electron chi connectivity index (χ0n) is 13.8. The third-order valence-corrected chi connectivity index (χ3v) is 4.14. The van der Waals surface area contributed by atoms with Crippen LogP contribution in [0.1, 0.15) is 18.5 Å². The number of aromatic nitrogens is 2. The number of piperazine rings is 1. The van der Waals surface area contributed by atoms with Crippen molar-refractivity contribution in [2.24, 2.45) is 0 Å². The molecular weight excluding hydrogens is 304 g/mol. The van der Waals surface area contributed by atoms with Gasteiger partial charge in [0.05, 0.1) is 6.61 Å². The third kappa shape index (κ3) is 3.71. The number of anilines is 1. The standard InChI is InChI=1S/C18H22N4O2/c1-2-24-17(23)16(15-7-4-3-5-8-15)21-11-13-22(14-12-21)18-19-9-6-10-20-18/h3-10,16H,2,11-14H2,1H3. The Labute approximate surface area is 142 Å². The Morgan fingerprint density at radius 3 is 2.38 bits per heavy atom. The molecule has 24 heavy (non-hydrogen) atoms. The molecule has 0 aliphatic carbocycles. The van der Waals surface area contributed by atoms with E-state index >= 15 is 0 Å². The molecule has 1 atom stereocenters. The minimum Gasteiger partial charge on any atom is -0.465 e. The van der Waals surface area contributed by atoms with Gasteiger partial charge in [-0.1, -0.05) is 30.3 Å². The lowest BCUT2D eigenvalue weighted by Crippen LogP contribution is -2.50. The summed E-state index contributed by atoms with van der Waals surface area (Å²) in [5.74, 6) is 0.553. The lowest BCUT2D eigenvalue weighted by molar-refractivity contribution is -0.150. The smallest absolute Gasteiger partial charge is 0.328 e. The monoisotopic (exact) mass is 326 g/mol. The van der Waals surface area contributed by atoms with Crippen LogP contribution in [0.4, 0.5) is 5.95 Å². The van der Waals surface area contributed by atoms with Crippen LogP contribution in [0.15, 0.2) is 48.8 Å². The molecule has 1 unspecified atom stereocenters. The molecule has 6 nitrogen and oxygen atoms in total. The number of nitrogens with zero attached hydrogens (tertiary/aromatic N) is 4. The maximum absolute atomic E-state index is 12.5. The molecule has 0 saturated carbocycles. The van der Waals surface area contributed by atoms with Gasteiger partial charge in [0.15, 0.2) is 0 Å². The van der Waals surface area contributed by atoms with E-state index in [-0.39, 0.29) is 12.0 Å². The van der Waals surface area contributed by atoms with Crippen LogP contribution >= 0.6 is 0 Å². The Bertz CT molecular complexity index is 643. The van der Waals surface area contributed by atoms with Crippen LogP contribution in [-0.2, 0) is 9.53 Å². The van der Waals surface area contributed by atoms with Crippen molar-refractivity contribution < 1.29 is 9.53 Å². The quantitative estimate of drug-likeness (QED) is 0.782. The van der Waals surface area contributed by atoms with Gasteiger partial charge < -0.3 is 9.64 Å². The van der Waals surface area contributed by atoms with Crippen molar-refractivity contribution >= 4 is 11.9 Å². The van der Waals surface area contributed by atoms with Gasteiger partial charge in [0.25, 0.3) is 0 Å². The van der Waals surface area contributed by atoms with Gasteiger partial charge in [-0.2, -0.15) is 0 Å². The van der Waals surface area contributed by atoms with Crippen LogP contribution < -0.4 is 4.90 Å². The lowest BCUT2D eigenvalue weighted by Gasteiger charge is -2.38. The van der Waals surface area contributed by atoms with E-state index < -0.39 is 0 Å². The van der Waals surface area contributed by atoms with Crippen LogP contribution in [0.2, 0.25) is 0 Å². The molecule has 0 bridgehead atoms. The summed E-state index contributed by atoms with van der Waals surface area (Å²) in [4.78, 5) is 25.4. The second-order valence-electron chi connectivity index (χ2n) is 5.64. The number of rotatable bonds is 5. The fourth-order valence-electron chi connectivity index (χ4n) is 2.99. The van der Waals surface area contributed by atoms with Gasteiger partial charge in [-0.15, -0.1) is 0 Å². The fraction of sp³-hybridized carbons (Fsp3) is 0.389. The first-order chi connectivity index (χ1) is 11.8. The summed E-state index contributed by atoms with van der Waals surface area (Å²) in [6.07, 6.45) is 3.50. The zero-order valence-corrected chi connectivity index (χ0v) is 13.8. The SMILES string of the molecule is CCOC(=O)C(c1ccccc1)N1CCN(c2ncccn2)CC1. The number of esters is 1. The van der Waals surface area contributed by atoms with Gasteiger partial charge in [-0.25, -0.2) is 14.8 Å². The Hall–Kier alpha value is -2.47. The van der Waals surface area contributed by atoms with Gasteiger partial charge >= 0.3 is 5.97 Å². The summed E-state index contributed by atoms with van der Waals surface area (Å²) in [6, 6.07) is 11.3. The predicted octanol–water partition coefficient (Wildman–Crippen LogP) is 1.90. The van der Waals surface area contributed by atoms with E-state index in [9.17, 15) is 4.79 Å². The van der Waals surface area contributed by atoms with E-state index in [2.05, 4.69) is 19.8 Å². The first-order valence-corrected chi connectivity index (χ1v) is 8.27. The van der Waals surface area contributed by atoms with Gasteiger partial charge in [-0.3, -0.25) is 4.90 Å². The van der Waals surface area contributed by atoms with E-state index in [1.807, 2.05) is 43.3 Å². The molecule has 1 aromatic heterocycles. The molecule has 126 valence electrons. The van der Waals surface area contributed by atoms with Gasteiger partial charge in [0.1, 0.15) is 6.04 Å². The Morgan fingerprint density at radius 2 is 1.75 bits per heavy atom. The Kier molecular flexibility index (Phi) is 5.38. The molecule has 1 aliphatic heterocycles. The highest BCUT2D eigenvalue weighted by Crippen LogP contribution is 2.24. The lowest BCUT2D eigenvalue weighted by atomic mass is 10.0. The van der Waals surface area contributed by atoms with Gasteiger partial charge in [-0.05, 0) is 18.6 Å². The molecule has 2 heterocycles. The topological polar surface area (TPSA) is 58.6 Å². The number of benzene rings is 1. The number of carbonyl (C=O) groups is 1. The molecule has 3 rings (SSSR count). The van der Waals surface area contributed by atoms with Gasteiger partial charge in [0, 0.05) is 38.6 Å².